The van der Waals surface area contributed by atoms with Gasteiger partial charge in [-0.1, -0.05) is 30.7 Å². The molecule has 0 spiro atoms. The van der Waals surface area contributed by atoms with Gasteiger partial charge >= 0.3 is 5.97 Å². The minimum Gasteiger partial charge on any atom is -0.508 e. The predicted molar refractivity (Wildman–Crippen MR) is 139 cm³/mol. The van der Waals surface area contributed by atoms with Crippen LogP contribution >= 0.6 is 7.37 Å². The largest absolute Gasteiger partial charge is 0.508 e. The summed E-state index contributed by atoms with van der Waals surface area (Å²) in [5.41, 5.74) is 2.02. The van der Waals surface area contributed by atoms with Crippen molar-refractivity contribution in [3.05, 3.63) is 65.2 Å². The summed E-state index contributed by atoms with van der Waals surface area (Å²) < 4.78 is 12.4. The summed E-state index contributed by atoms with van der Waals surface area (Å²) in [6.45, 7) is 2.51. The molecule has 3 atom stereocenters. The smallest absolute Gasteiger partial charge is 0.335 e. The van der Waals surface area contributed by atoms with Gasteiger partial charge in [0.1, 0.15) is 5.75 Å². The second-order valence-electron chi connectivity index (χ2n) is 9.04. The lowest BCUT2D eigenvalue weighted by Gasteiger charge is -2.20. The van der Waals surface area contributed by atoms with E-state index < -0.39 is 19.4 Å². The van der Waals surface area contributed by atoms with Crippen molar-refractivity contribution < 1.29 is 34.4 Å². The number of aromatic hydroxyl groups is 1. The molecule has 36 heavy (non-hydrogen) atoms. The van der Waals surface area contributed by atoms with E-state index in [0.717, 1.165) is 11.1 Å². The molecular weight excluding hydrogens is 483 g/mol. The highest BCUT2D eigenvalue weighted by atomic mass is 31.2. The number of amides is 1. The van der Waals surface area contributed by atoms with Gasteiger partial charge in [-0.05, 0) is 61.6 Å². The first-order chi connectivity index (χ1) is 17.1. The van der Waals surface area contributed by atoms with E-state index in [-0.39, 0.29) is 42.1 Å². The minimum absolute atomic E-state index is 0.0569. The summed E-state index contributed by atoms with van der Waals surface area (Å²) in [7, 11) is -3.47. The molecule has 0 fully saturated rings. The maximum Gasteiger partial charge on any atom is 0.335 e. The van der Waals surface area contributed by atoms with Crippen LogP contribution in [0.4, 0.5) is 0 Å². The normalized spacial score (nSPS) is 14.5. The highest BCUT2D eigenvalue weighted by Gasteiger charge is 2.23. The van der Waals surface area contributed by atoms with Crippen molar-refractivity contribution in [2.75, 3.05) is 25.4 Å². The quantitative estimate of drug-likeness (QED) is 0.145. The fourth-order valence-electron chi connectivity index (χ4n) is 3.73. The molecule has 0 radical (unpaired) electrons. The Morgan fingerprint density at radius 2 is 1.67 bits per heavy atom. The van der Waals surface area contributed by atoms with Crippen molar-refractivity contribution in [3.63, 3.8) is 0 Å². The number of rotatable bonds is 16. The fourth-order valence-corrected chi connectivity index (χ4v) is 5.42. The molecule has 0 heterocycles. The van der Waals surface area contributed by atoms with E-state index in [0.29, 0.717) is 38.6 Å². The third-order valence-electron chi connectivity index (χ3n) is 5.90. The number of phenolic OH excluding ortho intramolecular Hbond substituents is 1. The van der Waals surface area contributed by atoms with Gasteiger partial charge in [0.2, 0.25) is 13.3 Å². The van der Waals surface area contributed by atoms with E-state index in [9.17, 15) is 29.3 Å². The molecular formula is C26H37N2O7P. The molecule has 0 bridgehead atoms. The SMILES string of the molecule is C[C@@H](NC[C@H](O)CP(=O)(O)CCCCCNC(=O)CCc1ccc(O)cc1)c1ccc(C(=O)O)cc1. The Balaban J connectivity index is 1.56. The van der Waals surface area contributed by atoms with Gasteiger partial charge in [0.25, 0.3) is 0 Å². The Hall–Kier alpha value is -2.71. The molecule has 0 saturated carbocycles. The number of carboxylic acid groups (broad SMARTS) is 1. The molecule has 10 heteroatoms. The topological polar surface area (TPSA) is 156 Å². The molecule has 6 N–H and O–H groups in total. The molecule has 0 aromatic heterocycles. The minimum atomic E-state index is -3.47. The monoisotopic (exact) mass is 520 g/mol. The molecule has 2 aromatic carbocycles. The van der Waals surface area contributed by atoms with Crippen molar-refractivity contribution >= 4 is 19.2 Å². The number of phenols is 1. The first-order valence-electron chi connectivity index (χ1n) is 12.2. The first-order valence-corrected chi connectivity index (χ1v) is 14.2. The number of benzene rings is 2. The molecule has 198 valence electrons. The summed E-state index contributed by atoms with van der Waals surface area (Å²) in [6.07, 6.45) is 1.82. The molecule has 0 aliphatic carbocycles. The number of carbonyl (C=O) groups excluding carboxylic acids is 1. The standard InChI is InChI=1S/C26H37N2O7P/c1-19(21-8-10-22(11-9-21)26(32)33)28-17-24(30)18-36(34,35)16-4-2-3-15-27-25(31)14-7-20-5-12-23(29)13-6-20/h5-6,8-13,19,24,28-30H,2-4,7,14-18H2,1H3,(H,27,31)(H,32,33)(H,34,35)/t19-,24+/m1/s1. The molecule has 1 amide bonds. The number of unbranched alkanes of at least 4 members (excludes halogenated alkanes) is 2. The average Bonchev–Trinajstić information content (AvgIpc) is 2.84. The summed E-state index contributed by atoms with van der Waals surface area (Å²) >= 11 is 0. The number of carbonyl (C=O) groups is 2. The molecule has 0 aliphatic heterocycles. The van der Waals surface area contributed by atoms with Gasteiger partial charge in [0, 0.05) is 31.7 Å². The second-order valence-corrected chi connectivity index (χ2v) is 11.5. The zero-order valence-corrected chi connectivity index (χ0v) is 21.5. The van der Waals surface area contributed by atoms with Crippen LogP contribution in [0.3, 0.4) is 0 Å². The van der Waals surface area contributed by atoms with Crippen LogP contribution in [-0.4, -0.2) is 63.6 Å². The van der Waals surface area contributed by atoms with Gasteiger partial charge in [-0.3, -0.25) is 9.36 Å². The highest BCUT2D eigenvalue weighted by Crippen LogP contribution is 2.42. The average molecular weight is 521 g/mol. The van der Waals surface area contributed by atoms with E-state index in [1.54, 1.807) is 36.4 Å². The van der Waals surface area contributed by atoms with E-state index in [1.807, 2.05) is 6.92 Å². The first kappa shape index (κ1) is 29.5. The Morgan fingerprint density at radius 3 is 2.31 bits per heavy atom. The lowest BCUT2D eigenvalue weighted by atomic mass is 10.1. The zero-order chi connectivity index (χ0) is 26.6. The molecule has 0 saturated heterocycles. The molecule has 2 rings (SSSR count). The van der Waals surface area contributed by atoms with Crippen LogP contribution in [0.1, 0.15) is 60.1 Å². The number of carboxylic acids is 1. The maximum absolute atomic E-state index is 12.4. The van der Waals surface area contributed by atoms with Crippen molar-refractivity contribution in [3.8, 4) is 5.75 Å². The second kappa shape index (κ2) is 14.8. The van der Waals surface area contributed by atoms with Gasteiger partial charge < -0.3 is 30.8 Å². The summed E-state index contributed by atoms with van der Waals surface area (Å²) in [5.74, 6) is -0.861. The van der Waals surface area contributed by atoms with Crippen LogP contribution in [-0.2, 0) is 15.8 Å². The van der Waals surface area contributed by atoms with Gasteiger partial charge in [0.15, 0.2) is 0 Å². The summed E-state index contributed by atoms with van der Waals surface area (Å²) in [5, 5.41) is 34.4. The number of hydrogen-bond acceptors (Lipinski definition) is 6. The van der Waals surface area contributed by atoms with Crippen LogP contribution in [0.2, 0.25) is 0 Å². The Bertz CT molecular complexity index is 1010. The van der Waals surface area contributed by atoms with E-state index in [4.69, 9.17) is 5.11 Å². The predicted octanol–water partition coefficient (Wildman–Crippen LogP) is 3.29. The Morgan fingerprint density at radius 1 is 1.00 bits per heavy atom. The highest BCUT2D eigenvalue weighted by molar-refractivity contribution is 7.58. The van der Waals surface area contributed by atoms with Gasteiger partial charge in [-0.25, -0.2) is 4.79 Å². The van der Waals surface area contributed by atoms with E-state index >= 15 is 0 Å². The Labute approximate surface area is 212 Å². The van der Waals surface area contributed by atoms with Gasteiger partial charge in [-0.2, -0.15) is 0 Å². The number of hydrogen-bond donors (Lipinski definition) is 6. The molecule has 2 aromatic rings. The van der Waals surface area contributed by atoms with Crippen LogP contribution < -0.4 is 10.6 Å². The number of aliphatic hydroxyl groups excluding tert-OH is 1. The zero-order valence-electron chi connectivity index (χ0n) is 20.6. The molecule has 0 aliphatic rings. The number of aromatic carboxylic acids is 1. The fraction of sp³-hybridized carbons (Fsp3) is 0.462. The van der Waals surface area contributed by atoms with Crippen molar-refractivity contribution in [2.45, 2.75) is 51.2 Å². The van der Waals surface area contributed by atoms with Crippen LogP contribution in [0.25, 0.3) is 0 Å². The third-order valence-corrected chi connectivity index (χ3v) is 7.90. The van der Waals surface area contributed by atoms with Crippen LogP contribution in [0.5, 0.6) is 5.75 Å². The van der Waals surface area contributed by atoms with Crippen molar-refractivity contribution in [2.24, 2.45) is 0 Å². The Kier molecular flexibility index (Phi) is 12.1. The molecule has 9 nitrogen and oxygen atoms in total. The van der Waals surface area contributed by atoms with Crippen molar-refractivity contribution in [1.82, 2.24) is 10.6 Å². The van der Waals surface area contributed by atoms with Gasteiger partial charge in [0.05, 0.1) is 17.8 Å². The van der Waals surface area contributed by atoms with Gasteiger partial charge in [-0.15, -0.1) is 0 Å². The van der Waals surface area contributed by atoms with E-state index in [2.05, 4.69) is 10.6 Å². The van der Waals surface area contributed by atoms with Crippen LogP contribution in [0, 0.1) is 0 Å². The number of aryl methyl sites for hydroxylation is 1. The van der Waals surface area contributed by atoms with Crippen molar-refractivity contribution in [1.29, 1.82) is 0 Å². The molecule has 1 unspecified atom stereocenters. The number of aliphatic hydroxyl groups is 1. The number of nitrogens with one attached hydrogen (secondary N) is 2. The summed E-state index contributed by atoms with van der Waals surface area (Å²) in [6, 6.07) is 13.0. The van der Waals surface area contributed by atoms with E-state index in [1.165, 1.54) is 12.1 Å². The summed E-state index contributed by atoms with van der Waals surface area (Å²) in [4.78, 5) is 33.1. The van der Waals surface area contributed by atoms with Crippen LogP contribution in [0.15, 0.2) is 48.5 Å². The lowest BCUT2D eigenvalue weighted by Crippen LogP contribution is -2.31. The third kappa shape index (κ3) is 11.4. The lowest BCUT2D eigenvalue weighted by molar-refractivity contribution is -0.121. The maximum atomic E-state index is 12.4.